The molecule has 2 rings (SSSR count). The average molecular weight is 279 g/mol. The van der Waals surface area contributed by atoms with Crippen molar-refractivity contribution >= 4 is 28.7 Å². The molecule has 9 heteroatoms. The van der Waals surface area contributed by atoms with Gasteiger partial charge in [0.2, 0.25) is 5.13 Å². The summed E-state index contributed by atoms with van der Waals surface area (Å²) in [4.78, 5) is 22.8. The monoisotopic (exact) mass is 279 g/mol. The number of rotatable bonds is 4. The van der Waals surface area contributed by atoms with Crippen LogP contribution in [0.15, 0.2) is 30.3 Å². The molecule has 19 heavy (non-hydrogen) atoms. The highest BCUT2D eigenvalue weighted by Crippen LogP contribution is 2.13. The number of nitrogens with one attached hydrogen (secondary N) is 2. The van der Waals surface area contributed by atoms with Crippen LogP contribution in [0, 0.1) is 0 Å². The quantitative estimate of drug-likeness (QED) is 0.764. The average Bonchev–Trinajstić information content (AvgIpc) is 2.89. The number of anilines is 1. The Bertz CT molecular complexity index is 560. The number of benzene rings is 1. The zero-order valence-electron chi connectivity index (χ0n) is 9.48. The molecule has 0 saturated heterocycles. The number of urea groups is 1. The highest BCUT2D eigenvalue weighted by molar-refractivity contribution is 7.09. The van der Waals surface area contributed by atoms with Crippen LogP contribution < -0.4 is 10.6 Å². The van der Waals surface area contributed by atoms with Crippen molar-refractivity contribution in [3.8, 4) is 0 Å². The molecule has 0 fully saturated rings. The zero-order chi connectivity index (χ0) is 13.7. The fourth-order valence-corrected chi connectivity index (χ4v) is 1.74. The number of carbonyl (C=O) groups is 2. The minimum atomic E-state index is -1.16. The van der Waals surface area contributed by atoms with Gasteiger partial charge in [-0.3, -0.25) is 5.32 Å². The number of carboxylic acid groups (broad SMARTS) is 1. The van der Waals surface area contributed by atoms with E-state index in [0.717, 1.165) is 11.5 Å². The van der Waals surface area contributed by atoms with E-state index in [2.05, 4.69) is 25.4 Å². The third kappa shape index (κ3) is 3.45. The summed E-state index contributed by atoms with van der Waals surface area (Å²) in [7, 11) is 0. The van der Waals surface area contributed by atoms with E-state index in [1.807, 2.05) is 0 Å². The van der Waals surface area contributed by atoms with Crippen LogP contribution in [0.4, 0.5) is 9.93 Å². The van der Waals surface area contributed by atoms with E-state index >= 15 is 0 Å². The summed E-state index contributed by atoms with van der Waals surface area (Å²) in [6.45, 7) is 0. The van der Waals surface area contributed by atoms with Gasteiger partial charge >= 0.3 is 12.0 Å². The molecule has 0 aliphatic carbocycles. The Morgan fingerprint density at radius 3 is 2.58 bits per heavy atom. The lowest BCUT2D eigenvalue weighted by Gasteiger charge is -2.14. The number of nitrogens with zero attached hydrogens (tertiary/aromatic N) is 3. The molecule has 1 unspecified atom stereocenters. The Hall–Kier alpha value is -2.55. The van der Waals surface area contributed by atoms with Crippen LogP contribution in [-0.2, 0) is 4.79 Å². The predicted octanol–water partition coefficient (Wildman–Crippen LogP) is 0.880. The molecular formula is C10H9N5O3S. The first-order valence-corrected chi connectivity index (χ1v) is 5.94. The highest BCUT2D eigenvalue weighted by Gasteiger charge is 2.22. The highest BCUT2D eigenvalue weighted by atomic mass is 32.1. The van der Waals surface area contributed by atoms with Gasteiger partial charge < -0.3 is 10.4 Å². The minimum absolute atomic E-state index is 0.190. The third-order valence-corrected chi connectivity index (χ3v) is 2.69. The van der Waals surface area contributed by atoms with Crippen LogP contribution in [0.5, 0.6) is 0 Å². The SMILES string of the molecule is O=C(Nc1nnns1)NC(C(=O)O)c1ccccc1. The van der Waals surface area contributed by atoms with Gasteiger partial charge in [0.25, 0.3) is 0 Å². The lowest BCUT2D eigenvalue weighted by Crippen LogP contribution is -2.36. The van der Waals surface area contributed by atoms with Gasteiger partial charge in [0, 0.05) is 11.5 Å². The normalized spacial score (nSPS) is 11.6. The first kappa shape index (κ1) is 12.9. The topological polar surface area (TPSA) is 117 Å². The van der Waals surface area contributed by atoms with E-state index in [0.29, 0.717) is 5.56 Å². The molecule has 0 spiro atoms. The Morgan fingerprint density at radius 2 is 2.00 bits per heavy atom. The van der Waals surface area contributed by atoms with Crippen LogP contribution in [0.1, 0.15) is 11.6 Å². The van der Waals surface area contributed by atoms with Gasteiger partial charge in [-0.2, -0.15) is 0 Å². The fourth-order valence-electron chi connectivity index (χ4n) is 1.38. The van der Waals surface area contributed by atoms with Gasteiger partial charge in [-0.1, -0.05) is 39.9 Å². The Labute approximate surface area is 111 Å². The molecule has 8 nitrogen and oxygen atoms in total. The van der Waals surface area contributed by atoms with E-state index in [-0.39, 0.29) is 5.13 Å². The molecule has 2 aromatic rings. The Balaban J connectivity index is 2.05. The second kappa shape index (κ2) is 5.87. The number of hydrogen-bond acceptors (Lipinski definition) is 6. The van der Waals surface area contributed by atoms with Gasteiger partial charge in [-0.25, -0.2) is 9.59 Å². The summed E-state index contributed by atoms with van der Waals surface area (Å²) in [5, 5.41) is 20.8. The number of amides is 2. The van der Waals surface area contributed by atoms with Gasteiger partial charge in [0.1, 0.15) is 0 Å². The summed E-state index contributed by atoms with van der Waals surface area (Å²) >= 11 is 0.891. The lowest BCUT2D eigenvalue weighted by molar-refractivity contribution is -0.139. The summed E-state index contributed by atoms with van der Waals surface area (Å²) < 4.78 is 3.47. The zero-order valence-corrected chi connectivity index (χ0v) is 10.3. The van der Waals surface area contributed by atoms with Gasteiger partial charge in [0.05, 0.1) is 0 Å². The maximum absolute atomic E-state index is 11.6. The van der Waals surface area contributed by atoms with Crippen molar-refractivity contribution in [2.24, 2.45) is 0 Å². The number of aliphatic carboxylic acids is 1. The molecule has 0 bridgehead atoms. The van der Waals surface area contributed by atoms with Gasteiger partial charge in [-0.05, 0) is 10.8 Å². The van der Waals surface area contributed by atoms with Crippen molar-refractivity contribution in [1.29, 1.82) is 0 Å². The van der Waals surface area contributed by atoms with Gasteiger partial charge in [0.15, 0.2) is 6.04 Å². The Kier molecular flexibility index (Phi) is 3.98. The molecule has 0 radical (unpaired) electrons. The van der Waals surface area contributed by atoms with Crippen molar-refractivity contribution < 1.29 is 14.7 Å². The van der Waals surface area contributed by atoms with Crippen LogP contribution in [0.25, 0.3) is 0 Å². The molecule has 0 saturated carbocycles. The molecule has 3 N–H and O–H groups in total. The van der Waals surface area contributed by atoms with Crippen molar-refractivity contribution in [1.82, 2.24) is 20.1 Å². The predicted molar refractivity (Wildman–Crippen MR) is 66.7 cm³/mol. The second-order valence-electron chi connectivity index (χ2n) is 3.45. The van der Waals surface area contributed by atoms with Crippen LogP contribution >= 0.6 is 11.5 Å². The van der Waals surface area contributed by atoms with Crippen LogP contribution in [-0.4, -0.2) is 31.9 Å². The number of hydrogen-bond donors (Lipinski definition) is 3. The fraction of sp³-hybridized carbons (Fsp3) is 0.100. The van der Waals surface area contributed by atoms with E-state index in [1.54, 1.807) is 30.3 Å². The van der Waals surface area contributed by atoms with Crippen molar-refractivity contribution in [3.05, 3.63) is 35.9 Å². The summed E-state index contributed by atoms with van der Waals surface area (Å²) in [5.41, 5.74) is 0.473. The summed E-state index contributed by atoms with van der Waals surface area (Å²) in [6, 6.07) is 6.56. The van der Waals surface area contributed by atoms with E-state index < -0.39 is 18.0 Å². The van der Waals surface area contributed by atoms with E-state index in [1.165, 1.54) is 0 Å². The second-order valence-corrected chi connectivity index (χ2v) is 4.18. The van der Waals surface area contributed by atoms with Crippen molar-refractivity contribution in [3.63, 3.8) is 0 Å². The molecule has 2 amide bonds. The van der Waals surface area contributed by atoms with Crippen LogP contribution in [0.3, 0.4) is 0 Å². The van der Waals surface area contributed by atoms with Gasteiger partial charge in [-0.15, -0.1) is 0 Å². The number of carbonyl (C=O) groups excluding carboxylic acids is 1. The maximum atomic E-state index is 11.6. The molecule has 1 atom stereocenters. The van der Waals surface area contributed by atoms with E-state index in [4.69, 9.17) is 5.11 Å². The molecule has 1 aromatic carbocycles. The minimum Gasteiger partial charge on any atom is -0.479 e. The van der Waals surface area contributed by atoms with Crippen LogP contribution in [0.2, 0.25) is 0 Å². The molecule has 0 aliphatic heterocycles. The van der Waals surface area contributed by atoms with Crippen molar-refractivity contribution in [2.45, 2.75) is 6.04 Å². The Morgan fingerprint density at radius 1 is 1.26 bits per heavy atom. The molecule has 1 aromatic heterocycles. The number of carboxylic acids is 1. The van der Waals surface area contributed by atoms with Crippen molar-refractivity contribution in [2.75, 3.05) is 5.32 Å². The molecule has 0 aliphatic rings. The van der Waals surface area contributed by atoms with E-state index in [9.17, 15) is 9.59 Å². The first-order chi connectivity index (χ1) is 9.16. The largest absolute Gasteiger partial charge is 0.479 e. The standard InChI is InChI=1S/C10H9N5O3S/c16-8(17)7(6-4-2-1-3-5-6)11-9(18)12-10-13-14-15-19-10/h1-5,7H,(H,16,17)(H2,11,12,13,15,18). The third-order valence-electron chi connectivity index (χ3n) is 2.18. The smallest absolute Gasteiger partial charge is 0.330 e. The number of aromatic nitrogens is 3. The molecule has 1 heterocycles. The molecule has 98 valence electrons. The lowest BCUT2D eigenvalue weighted by atomic mass is 10.1. The molecular weight excluding hydrogens is 270 g/mol. The first-order valence-electron chi connectivity index (χ1n) is 5.17. The summed E-state index contributed by atoms with van der Waals surface area (Å²) in [5.74, 6) is -1.16. The summed E-state index contributed by atoms with van der Waals surface area (Å²) in [6.07, 6.45) is 0. The maximum Gasteiger partial charge on any atom is 0.330 e.